The molecule has 1 saturated heterocycles. The Balaban J connectivity index is 1.42. The number of pyridine rings is 1. The lowest BCUT2D eigenvalue weighted by atomic mass is 10.0. The van der Waals surface area contributed by atoms with E-state index in [1.165, 1.54) is 6.07 Å². The van der Waals surface area contributed by atoms with Crippen LogP contribution in [0, 0.1) is 6.92 Å². The van der Waals surface area contributed by atoms with Crippen molar-refractivity contribution >= 4 is 11.9 Å². The number of carbonyl (C=O) groups excluding carboxylic acids is 2. The third-order valence-corrected chi connectivity index (χ3v) is 4.72. The summed E-state index contributed by atoms with van der Waals surface area (Å²) >= 11 is 0. The van der Waals surface area contributed by atoms with Crippen LogP contribution in [0.25, 0.3) is 0 Å². The number of nitrogens with zero attached hydrogens (tertiary/aromatic N) is 1. The molecule has 2 aromatic rings. The Morgan fingerprint density at radius 2 is 1.81 bits per heavy atom. The van der Waals surface area contributed by atoms with Crippen LogP contribution in [0.4, 0.5) is 4.79 Å². The maximum Gasteiger partial charge on any atom is 0.315 e. The summed E-state index contributed by atoms with van der Waals surface area (Å²) < 4.78 is 0. The number of nitrogens with one attached hydrogen (secondary N) is 3. The van der Waals surface area contributed by atoms with Gasteiger partial charge in [-0.2, -0.15) is 0 Å². The fourth-order valence-corrected chi connectivity index (χ4v) is 3.08. The van der Waals surface area contributed by atoms with Crippen molar-refractivity contribution in [2.24, 2.45) is 0 Å². The summed E-state index contributed by atoms with van der Waals surface area (Å²) in [5.41, 5.74) is 2.48. The monoisotopic (exact) mass is 368 g/mol. The van der Waals surface area contributed by atoms with Crippen molar-refractivity contribution in [1.29, 1.82) is 0 Å². The van der Waals surface area contributed by atoms with Gasteiger partial charge in [-0.05, 0) is 37.5 Å². The molecule has 1 aliphatic rings. The number of aryl methyl sites for hydroxylation is 1. The number of urea groups is 1. The first kappa shape index (κ1) is 18.7. The predicted molar refractivity (Wildman–Crippen MR) is 103 cm³/mol. The van der Waals surface area contributed by atoms with Gasteiger partial charge in [0.2, 0.25) is 5.56 Å². The number of amides is 3. The second-order valence-corrected chi connectivity index (χ2v) is 6.82. The number of carbonyl (C=O) groups is 2. The Kier molecular flexibility index (Phi) is 5.90. The van der Waals surface area contributed by atoms with E-state index >= 15 is 0 Å². The molecule has 1 aromatic heterocycles. The normalized spacial score (nSPS) is 14.6. The first-order chi connectivity index (χ1) is 13.0. The molecule has 7 nitrogen and oxygen atoms in total. The van der Waals surface area contributed by atoms with Crippen LogP contribution in [0.3, 0.4) is 0 Å². The molecule has 3 amide bonds. The van der Waals surface area contributed by atoms with Crippen molar-refractivity contribution in [2.75, 3.05) is 13.1 Å². The average molecular weight is 368 g/mol. The van der Waals surface area contributed by atoms with Gasteiger partial charge in [0.25, 0.3) is 5.91 Å². The molecule has 1 aliphatic heterocycles. The molecule has 1 aromatic carbocycles. The zero-order chi connectivity index (χ0) is 19.2. The molecule has 0 saturated carbocycles. The van der Waals surface area contributed by atoms with Gasteiger partial charge in [-0.15, -0.1) is 0 Å². The lowest BCUT2D eigenvalue weighted by molar-refractivity contribution is 0.0708. The summed E-state index contributed by atoms with van der Waals surface area (Å²) in [4.78, 5) is 40.0. The van der Waals surface area contributed by atoms with Gasteiger partial charge in [0.1, 0.15) is 0 Å². The van der Waals surface area contributed by atoms with E-state index < -0.39 is 0 Å². The topological polar surface area (TPSA) is 94.3 Å². The fraction of sp³-hybridized carbons (Fsp3) is 0.350. The third kappa shape index (κ3) is 5.20. The van der Waals surface area contributed by atoms with Crippen molar-refractivity contribution in [3.05, 3.63) is 69.6 Å². The molecule has 27 heavy (non-hydrogen) atoms. The highest BCUT2D eigenvalue weighted by Crippen LogP contribution is 2.14. The van der Waals surface area contributed by atoms with Crippen molar-refractivity contribution < 1.29 is 9.59 Å². The highest BCUT2D eigenvalue weighted by atomic mass is 16.2. The minimum atomic E-state index is -0.246. The smallest absolute Gasteiger partial charge is 0.315 e. The summed E-state index contributed by atoms with van der Waals surface area (Å²) in [5, 5.41) is 5.73. The van der Waals surface area contributed by atoms with Gasteiger partial charge in [0, 0.05) is 43.5 Å². The van der Waals surface area contributed by atoms with E-state index in [4.69, 9.17) is 0 Å². The number of benzene rings is 1. The number of likely N-dealkylation sites (tertiary alicyclic amines) is 1. The number of hydrogen-bond acceptors (Lipinski definition) is 3. The average Bonchev–Trinajstić information content (AvgIpc) is 2.68. The van der Waals surface area contributed by atoms with Crippen LogP contribution >= 0.6 is 0 Å². The summed E-state index contributed by atoms with van der Waals surface area (Å²) in [6.45, 7) is 3.58. The zero-order valence-corrected chi connectivity index (χ0v) is 15.3. The first-order valence-electron chi connectivity index (χ1n) is 9.09. The summed E-state index contributed by atoms with van der Waals surface area (Å²) in [6.07, 6.45) is 3.03. The molecule has 0 bridgehead atoms. The molecular formula is C20H24N4O3. The van der Waals surface area contributed by atoms with Gasteiger partial charge in [-0.3, -0.25) is 9.59 Å². The van der Waals surface area contributed by atoms with E-state index in [1.54, 1.807) is 12.3 Å². The van der Waals surface area contributed by atoms with E-state index in [2.05, 4.69) is 15.6 Å². The van der Waals surface area contributed by atoms with Crippen LogP contribution in [-0.4, -0.2) is 41.0 Å². The standard InChI is InChI=1S/C20H24N4O3/c1-14-2-5-16(6-3-14)19(26)24-10-8-17(9-11-24)23-20(27)22-13-15-4-7-18(25)21-12-15/h2-7,12,17H,8-11,13H2,1H3,(H,21,25)(H2,22,23,27). The zero-order valence-electron chi connectivity index (χ0n) is 15.3. The summed E-state index contributed by atoms with van der Waals surface area (Å²) in [6, 6.07) is 10.5. The molecule has 3 N–H and O–H groups in total. The van der Waals surface area contributed by atoms with Crippen LogP contribution < -0.4 is 16.2 Å². The predicted octanol–water partition coefficient (Wildman–Crippen LogP) is 1.79. The fourth-order valence-electron chi connectivity index (χ4n) is 3.08. The van der Waals surface area contributed by atoms with E-state index in [-0.39, 0.29) is 23.5 Å². The minimum Gasteiger partial charge on any atom is -0.338 e. The van der Waals surface area contributed by atoms with Gasteiger partial charge < -0.3 is 20.5 Å². The number of aromatic nitrogens is 1. The molecule has 1 fully saturated rings. The van der Waals surface area contributed by atoms with Gasteiger partial charge in [-0.25, -0.2) is 4.79 Å². The number of aromatic amines is 1. The van der Waals surface area contributed by atoms with E-state index in [0.717, 1.165) is 24.0 Å². The Labute approximate surface area is 157 Å². The lowest BCUT2D eigenvalue weighted by Gasteiger charge is -2.32. The molecule has 7 heteroatoms. The first-order valence-corrected chi connectivity index (χ1v) is 9.09. The number of piperidine rings is 1. The molecule has 0 radical (unpaired) electrons. The maximum atomic E-state index is 12.5. The van der Waals surface area contributed by atoms with Crippen LogP contribution in [-0.2, 0) is 6.54 Å². The summed E-state index contributed by atoms with van der Waals surface area (Å²) in [7, 11) is 0. The van der Waals surface area contributed by atoms with Crippen LogP contribution in [0.5, 0.6) is 0 Å². The van der Waals surface area contributed by atoms with Gasteiger partial charge in [-0.1, -0.05) is 23.8 Å². The highest BCUT2D eigenvalue weighted by molar-refractivity contribution is 5.94. The van der Waals surface area contributed by atoms with Crippen molar-refractivity contribution in [1.82, 2.24) is 20.5 Å². The molecular weight excluding hydrogens is 344 g/mol. The number of H-pyrrole nitrogens is 1. The van der Waals surface area contributed by atoms with Gasteiger partial charge >= 0.3 is 6.03 Å². The summed E-state index contributed by atoms with van der Waals surface area (Å²) in [5.74, 6) is 0.0379. The van der Waals surface area contributed by atoms with Crippen LogP contribution in [0.2, 0.25) is 0 Å². The SMILES string of the molecule is Cc1ccc(C(=O)N2CCC(NC(=O)NCc3ccc(=O)[nH]c3)CC2)cc1. The van der Waals surface area contributed by atoms with Crippen molar-refractivity contribution in [2.45, 2.75) is 32.4 Å². The number of hydrogen-bond donors (Lipinski definition) is 3. The second kappa shape index (κ2) is 8.53. The highest BCUT2D eigenvalue weighted by Gasteiger charge is 2.24. The van der Waals surface area contributed by atoms with E-state index in [0.29, 0.717) is 25.2 Å². The Bertz CT molecular complexity index is 832. The quantitative estimate of drug-likeness (QED) is 0.768. The molecule has 0 atom stereocenters. The van der Waals surface area contributed by atoms with Gasteiger partial charge in [0.15, 0.2) is 0 Å². The van der Waals surface area contributed by atoms with Gasteiger partial charge in [0.05, 0.1) is 0 Å². The molecule has 3 rings (SSSR count). The lowest BCUT2D eigenvalue weighted by Crippen LogP contribution is -2.49. The molecule has 0 unspecified atom stereocenters. The Morgan fingerprint density at radius 1 is 1.11 bits per heavy atom. The van der Waals surface area contributed by atoms with Crippen molar-refractivity contribution in [3.63, 3.8) is 0 Å². The Morgan fingerprint density at radius 3 is 2.44 bits per heavy atom. The maximum absolute atomic E-state index is 12.5. The van der Waals surface area contributed by atoms with E-state index in [1.807, 2.05) is 36.1 Å². The van der Waals surface area contributed by atoms with Crippen molar-refractivity contribution in [3.8, 4) is 0 Å². The molecule has 0 aliphatic carbocycles. The largest absolute Gasteiger partial charge is 0.338 e. The van der Waals surface area contributed by atoms with Crippen LogP contribution in [0.1, 0.15) is 34.3 Å². The Hall–Kier alpha value is -3.09. The minimum absolute atomic E-state index is 0.0379. The number of rotatable bonds is 4. The van der Waals surface area contributed by atoms with Crippen LogP contribution in [0.15, 0.2) is 47.4 Å². The molecule has 2 heterocycles. The third-order valence-electron chi connectivity index (χ3n) is 4.72. The van der Waals surface area contributed by atoms with E-state index in [9.17, 15) is 14.4 Å². The molecule has 142 valence electrons. The molecule has 0 spiro atoms. The second-order valence-electron chi connectivity index (χ2n) is 6.82.